The van der Waals surface area contributed by atoms with Crippen LogP contribution in [0.1, 0.15) is 16.1 Å². The molecule has 0 saturated heterocycles. The molecule has 0 spiro atoms. The summed E-state index contributed by atoms with van der Waals surface area (Å²) >= 11 is 1.13. The minimum Gasteiger partial charge on any atom is -0.469 e. The Kier molecular flexibility index (Phi) is 7.44. The lowest BCUT2D eigenvalue weighted by atomic mass is 10.2. The van der Waals surface area contributed by atoms with Crippen LogP contribution in [-0.4, -0.2) is 49.0 Å². The Balaban J connectivity index is 1.69. The van der Waals surface area contributed by atoms with E-state index in [1.165, 1.54) is 7.11 Å². The first-order chi connectivity index (χ1) is 13.0. The summed E-state index contributed by atoms with van der Waals surface area (Å²) < 4.78 is 9.32. The minimum atomic E-state index is -0.750. The van der Waals surface area contributed by atoms with E-state index in [4.69, 9.17) is 4.74 Å². The predicted molar refractivity (Wildman–Crippen MR) is 96.2 cm³/mol. The number of benzene rings is 1. The van der Waals surface area contributed by atoms with Crippen LogP contribution < -0.4 is 10.6 Å². The molecule has 1 heterocycles. The topological polar surface area (TPSA) is 124 Å². The molecule has 0 aliphatic heterocycles. The Morgan fingerprint density at radius 2 is 1.85 bits per heavy atom. The number of amides is 2. The summed E-state index contributed by atoms with van der Waals surface area (Å²) in [6.45, 7) is -0.881. The Labute approximate surface area is 158 Å². The van der Waals surface area contributed by atoms with E-state index in [-0.39, 0.29) is 18.1 Å². The smallest absolute Gasteiger partial charge is 0.325 e. The quantitative estimate of drug-likeness (QED) is 0.637. The SMILES string of the molecule is COC(=O)Cc1csc(NC(=O)COC(=O)CNC(=O)c2ccccc2)n1. The molecule has 0 bridgehead atoms. The van der Waals surface area contributed by atoms with Crippen molar-refractivity contribution in [2.45, 2.75) is 6.42 Å². The maximum absolute atomic E-state index is 11.8. The van der Waals surface area contributed by atoms with E-state index in [0.29, 0.717) is 11.3 Å². The number of aromatic nitrogens is 1. The van der Waals surface area contributed by atoms with Gasteiger partial charge in [0.15, 0.2) is 11.7 Å². The zero-order chi connectivity index (χ0) is 19.6. The van der Waals surface area contributed by atoms with Crippen LogP contribution in [0.5, 0.6) is 0 Å². The molecular formula is C17H17N3O6S. The van der Waals surface area contributed by atoms with Crippen LogP contribution in [0.15, 0.2) is 35.7 Å². The molecule has 0 saturated carbocycles. The summed E-state index contributed by atoms with van der Waals surface area (Å²) in [5.41, 5.74) is 0.873. The number of methoxy groups -OCH3 is 1. The van der Waals surface area contributed by atoms with E-state index in [9.17, 15) is 19.2 Å². The second kappa shape index (κ2) is 10.0. The number of carbonyl (C=O) groups excluding carboxylic acids is 4. The van der Waals surface area contributed by atoms with E-state index in [1.54, 1.807) is 35.7 Å². The summed E-state index contributed by atoms with van der Waals surface area (Å²) in [4.78, 5) is 50.4. The van der Waals surface area contributed by atoms with E-state index >= 15 is 0 Å². The van der Waals surface area contributed by atoms with Gasteiger partial charge in [-0.1, -0.05) is 18.2 Å². The number of nitrogens with one attached hydrogen (secondary N) is 2. The number of anilines is 1. The Hall–Kier alpha value is -3.27. The highest BCUT2D eigenvalue weighted by Crippen LogP contribution is 2.15. The summed E-state index contributed by atoms with van der Waals surface area (Å²) in [5.74, 6) is -2.20. The largest absolute Gasteiger partial charge is 0.469 e. The summed E-state index contributed by atoms with van der Waals surface area (Å²) in [7, 11) is 1.27. The van der Waals surface area contributed by atoms with Crippen molar-refractivity contribution in [1.29, 1.82) is 0 Å². The van der Waals surface area contributed by atoms with Crippen molar-refractivity contribution >= 4 is 40.2 Å². The van der Waals surface area contributed by atoms with Crippen LogP contribution in [0.4, 0.5) is 5.13 Å². The molecule has 0 unspecified atom stereocenters. The average Bonchev–Trinajstić information content (AvgIpc) is 3.11. The fourth-order valence-electron chi connectivity index (χ4n) is 1.86. The fourth-order valence-corrected chi connectivity index (χ4v) is 2.59. The van der Waals surface area contributed by atoms with Crippen LogP contribution >= 0.6 is 11.3 Å². The van der Waals surface area contributed by atoms with Crippen molar-refractivity contribution in [1.82, 2.24) is 10.3 Å². The molecule has 2 rings (SSSR count). The van der Waals surface area contributed by atoms with Crippen molar-refractivity contribution in [3.8, 4) is 0 Å². The molecular weight excluding hydrogens is 374 g/mol. The lowest BCUT2D eigenvalue weighted by molar-refractivity contribution is -0.146. The standard InChI is InChI=1S/C17H17N3O6S/c1-25-14(22)7-12-10-27-17(19-12)20-13(21)9-26-15(23)8-18-16(24)11-5-3-2-4-6-11/h2-6,10H,7-9H2,1H3,(H,18,24)(H,19,20,21). The van der Waals surface area contributed by atoms with Gasteiger partial charge in [-0.05, 0) is 12.1 Å². The Bertz CT molecular complexity index is 821. The predicted octanol–water partition coefficient (Wildman–Crippen LogP) is 0.770. The number of ether oxygens (including phenoxy) is 2. The molecule has 1 aromatic heterocycles. The first kappa shape index (κ1) is 20.0. The molecule has 142 valence electrons. The number of carbonyl (C=O) groups is 4. The maximum atomic E-state index is 11.8. The third-order valence-corrected chi connectivity index (χ3v) is 3.95. The van der Waals surface area contributed by atoms with Gasteiger partial charge in [-0.2, -0.15) is 0 Å². The molecule has 0 aliphatic rings. The number of nitrogens with zero attached hydrogens (tertiary/aromatic N) is 1. The molecule has 10 heteroatoms. The molecule has 2 amide bonds. The molecule has 2 N–H and O–H groups in total. The maximum Gasteiger partial charge on any atom is 0.325 e. The number of thiazole rings is 1. The Morgan fingerprint density at radius 1 is 1.11 bits per heavy atom. The van der Waals surface area contributed by atoms with Gasteiger partial charge in [0.25, 0.3) is 11.8 Å². The van der Waals surface area contributed by atoms with E-state index in [2.05, 4.69) is 20.4 Å². The van der Waals surface area contributed by atoms with Gasteiger partial charge in [0.1, 0.15) is 6.54 Å². The van der Waals surface area contributed by atoms with Gasteiger partial charge in [-0.25, -0.2) is 4.98 Å². The molecule has 9 nitrogen and oxygen atoms in total. The number of hydrogen-bond acceptors (Lipinski definition) is 8. The fraction of sp³-hybridized carbons (Fsp3) is 0.235. The molecule has 0 radical (unpaired) electrons. The normalized spacial score (nSPS) is 9.96. The van der Waals surface area contributed by atoms with Gasteiger partial charge < -0.3 is 14.8 Å². The van der Waals surface area contributed by atoms with Gasteiger partial charge in [0.05, 0.1) is 19.2 Å². The zero-order valence-electron chi connectivity index (χ0n) is 14.4. The third kappa shape index (κ3) is 6.86. The summed E-state index contributed by atoms with van der Waals surface area (Å²) in [6.07, 6.45) is -0.00102. The average molecular weight is 391 g/mol. The molecule has 2 aromatic rings. The van der Waals surface area contributed by atoms with Crippen LogP contribution in [0.2, 0.25) is 0 Å². The van der Waals surface area contributed by atoms with E-state index in [0.717, 1.165) is 11.3 Å². The van der Waals surface area contributed by atoms with Crippen molar-refractivity contribution in [2.24, 2.45) is 0 Å². The van der Waals surface area contributed by atoms with Crippen LogP contribution in [0.3, 0.4) is 0 Å². The number of hydrogen-bond donors (Lipinski definition) is 2. The van der Waals surface area contributed by atoms with Crippen molar-refractivity contribution in [3.05, 3.63) is 47.0 Å². The highest BCUT2D eigenvalue weighted by Gasteiger charge is 2.13. The lowest BCUT2D eigenvalue weighted by Crippen LogP contribution is -2.32. The van der Waals surface area contributed by atoms with Crippen molar-refractivity contribution < 1.29 is 28.7 Å². The van der Waals surface area contributed by atoms with Gasteiger partial charge in [0.2, 0.25) is 0 Å². The highest BCUT2D eigenvalue weighted by molar-refractivity contribution is 7.13. The van der Waals surface area contributed by atoms with Gasteiger partial charge in [0, 0.05) is 10.9 Å². The first-order valence-electron chi connectivity index (χ1n) is 7.78. The van der Waals surface area contributed by atoms with Crippen LogP contribution in [0, 0.1) is 0 Å². The summed E-state index contributed by atoms with van der Waals surface area (Å²) in [6, 6.07) is 8.39. The van der Waals surface area contributed by atoms with Crippen molar-refractivity contribution in [2.75, 3.05) is 25.6 Å². The molecule has 1 aromatic carbocycles. The van der Waals surface area contributed by atoms with Crippen molar-refractivity contribution in [3.63, 3.8) is 0 Å². The molecule has 0 atom stereocenters. The van der Waals surface area contributed by atoms with E-state index in [1.807, 2.05) is 0 Å². The highest BCUT2D eigenvalue weighted by atomic mass is 32.1. The zero-order valence-corrected chi connectivity index (χ0v) is 15.2. The number of esters is 2. The van der Waals surface area contributed by atoms with Crippen LogP contribution in [-0.2, 0) is 30.3 Å². The van der Waals surface area contributed by atoms with Gasteiger partial charge in [-0.3, -0.25) is 24.5 Å². The molecule has 0 fully saturated rings. The Morgan fingerprint density at radius 3 is 2.56 bits per heavy atom. The monoisotopic (exact) mass is 391 g/mol. The molecule has 27 heavy (non-hydrogen) atoms. The van der Waals surface area contributed by atoms with Gasteiger partial charge in [-0.15, -0.1) is 11.3 Å². The second-order valence-corrected chi connectivity index (χ2v) is 6.01. The van der Waals surface area contributed by atoms with Crippen LogP contribution in [0.25, 0.3) is 0 Å². The lowest BCUT2D eigenvalue weighted by Gasteiger charge is -2.06. The molecule has 0 aliphatic carbocycles. The summed E-state index contributed by atoms with van der Waals surface area (Å²) in [5, 5.41) is 6.73. The third-order valence-electron chi connectivity index (χ3n) is 3.14. The minimum absolute atomic E-state index is 0.00102. The van der Waals surface area contributed by atoms with E-state index < -0.39 is 30.4 Å². The first-order valence-corrected chi connectivity index (χ1v) is 8.66. The van der Waals surface area contributed by atoms with Gasteiger partial charge >= 0.3 is 11.9 Å². The second-order valence-electron chi connectivity index (χ2n) is 5.15. The number of rotatable bonds is 8.